The van der Waals surface area contributed by atoms with Crippen LogP contribution in [-0.2, 0) is 15.8 Å². The minimum atomic E-state index is -3.38. The molecule has 0 saturated carbocycles. The van der Waals surface area contributed by atoms with Crippen LogP contribution < -0.4 is 15.4 Å². The van der Waals surface area contributed by atoms with Gasteiger partial charge in [0.1, 0.15) is 6.17 Å². The standard InChI is InChI=1S/C26H30N4O2S.C2H6/c1-3-7-19(2)30-33(31,32)18-20-10-12-21(13-11-20)24-25(22-14-16-27-17-15-22)29-26(28-24)23-8-5-4-6-9-23;1-2/h4-6,8-17,19,26,28-30H,3,7,18H2,1-2H3;1-2H3. The molecule has 186 valence electrons. The first-order valence-electron chi connectivity index (χ1n) is 12.3. The smallest absolute Gasteiger partial charge is 0.216 e. The van der Waals surface area contributed by atoms with Crippen molar-refractivity contribution in [3.8, 4) is 0 Å². The Hall–Kier alpha value is -3.16. The average molecular weight is 493 g/mol. The minimum absolute atomic E-state index is 0.0318. The molecule has 4 rings (SSSR count). The van der Waals surface area contributed by atoms with Gasteiger partial charge in [-0.3, -0.25) is 4.98 Å². The Morgan fingerprint density at radius 1 is 0.886 bits per heavy atom. The van der Waals surface area contributed by atoms with E-state index in [1.54, 1.807) is 12.4 Å². The van der Waals surface area contributed by atoms with Gasteiger partial charge in [-0.15, -0.1) is 0 Å². The lowest BCUT2D eigenvalue weighted by Gasteiger charge is -2.15. The predicted molar refractivity (Wildman–Crippen MR) is 144 cm³/mol. The van der Waals surface area contributed by atoms with Crippen molar-refractivity contribution >= 4 is 21.4 Å². The molecule has 7 heteroatoms. The molecule has 0 bridgehead atoms. The van der Waals surface area contributed by atoms with Crippen molar-refractivity contribution in [1.82, 2.24) is 20.3 Å². The molecule has 0 saturated heterocycles. The molecule has 0 aliphatic carbocycles. The van der Waals surface area contributed by atoms with Crippen LogP contribution in [0.4, 0.5) is 0 Å². The largest absolute Gasteiger partial charge is 0.359 e. The summed E-state index contributed by atoms with van der Waals surface area (Å²) in [5.74, 6) is -0.0318. The molecule has 6 nitrogen and oxygen atoms in total. The van der Waals surface area contributed by atoms with Gasteiger partial charge in [-0.1, -0.05) is 81.8 Å². The van der Waals surface area contributed by atoms with E-state index < -0.39 is 10.0 Å². The average Bonchev–Trinajstić information content (AvgIpc) is 3.32. The summed E-state index contributed by atoms with van der Waals surface area (Å²) in [5.41, 5.74) is 5.87. The van der Waals surface area contributed by atoms with Crippen LogP contribution in [0.2, 0.25) is 0 Å². The summed E-state index contributed by atoms with van der Waals surface area (Å²) >= 11 is 0. The van der Waals surface area contributed by atoms with Crippen LogP contribution in [0, 0.1) is 0 Å². The normalized spacial score (nSPS) is 16.1. The molecule has 3 aromatic rings. The van der Waals surface area contributed by atoms with Gasteiger partial charge in [0.25, 0.3) is 0 Å². The van der Waals surface area contributed by atoms with Crippen LogP contribution >= 0.6 is 0 Å². The summed E-state index contributed by atoms with van der Waals surface area (Å²) in [7, 11) is -3.38. The second-order valence-electron chi connectivity index (χ2n) is 8.38. The second kappa shape index (κ2) is 12.5. The van der Waals surface area contributed by atoms with E-state index >= 15 is 0 Å². The number of rotatable bonds is 9. The van der Waals surface area contributed by atoms with Gasteiger partial charge in [0.2, 0.25) is 10.0 Å². The monoisotopic (exact) mass is 492 g/mol. The molecule has 2 atom stereocenters. The number of aromatic nitrogens is 1. The van der Waals surface area contributed by atoms with Gasteiger partial charge < -0.3 is 10.6 Å². The van der Waals surface area contributed by atoms with Crippen LogP contribution in [0.3, 0.4) is 0 Å². The van der Waals surface area contributed by atoms with Gasteiger partial charge in [0, 0.05) is 24.0 Å². The van der Waals surface area contributed by atoms with Crippen LogP contribution in [0.25, 0.3) is 11.4 Å². The zero-order valence-corrected chi connectivity index (χ0v) is 21.8. The summed E-state index contributed by atoms with van der Waals surface area (Å²) in [6.07, 6.45) is 5.26. The quantitative estimate of drug-likeness (QED) is 0.371. The fourth-order valence-corrected chi connectivity index (χ4v) is 5.53. The zero-order valence-electron chi connectivity index (χ0n) is 21.0. The summed E-state index contributed by atoms with van der Waals surface area (Å²) in [5, 5.41) is 7.19. The van der Waals surface area contributed by atoms with E-state index in [1.807, 2.05) is 82.3 Å². The molecule has 0 amide bonds. The van der Waals surface area contributed by atoms with Gasteiger partial charge in [0.15, 0.2) is 0 Å². The van der Waals surface area contributed by atoms with Gasteiger partial charge in [-0.25, -0.2) is 13.1 Å². The molecular formula is C28H36N4O2S. The summed E-state index contributed by atoms with van der Waals surface area (Å²) in [6.45, 7) is 7.95. The third-order valence-corrected chi connectivity index (χ3v) is 7.11. The molecule has 2 aromatic carbocycles. The zero-order chi connectivity index (χ0) is 25.3. The van der Waals surface area contributed by atoms with E-state index in [0.717, 1.165) is 46.5 Å². The first-order valence-corrected chi connectivity index (χ1v) is 13.9. The topological polar surface area (TPSA) is 83.1 Å². The Labute approximate surface area is 210 Å². The molecule has 2 heterocycles. The number of benzene rings is 2. The van der Waals surface area contributed by atoms with Crippen LogP contribution in [0.1, 0.15) is 69.0 Å². The van der Waals surface area contributed by atoms with E-state index in [9.17, 15) is 8.42 Å². The Balaban J connectivity index is 0.00000167. The molecule has 2 unspecified atom stereocenters. The number of nitrogens with zero attached hydrogens (tertiary/aromatic N) is 1. The number of hydrogen-bond donors (Lipinski definition) is 3. The summed E-state index contributed by atoms with van der Waals surface area (Å²) in [4.78, 5) is 4.14. The van der Waals surface area contributed by atoms with Crippen molar-refractivity contribution in [3.05, 3.63) is 101 Å². The Morgan fingerprint density at radius 2 is 1.46 bits per heavy atom. The first-order chi connectivity index (χ1) is 16.9. The highest BCUT2D eigenvalue weighted by molar-refractivity contribution is 7.88. The molecule has 0 fully saturated rings. The number of nitrogens with one attached hydrogen (secondary N) is 3. The maximum atomic E-state index is 12.5. The first kappa shape index (κ1) is 26.4. The van der Waals surface area contributed by atoms with Crippen molar-refractivity contribution in [1.29, 1.82) is 0 Å². The van der Waals surface area contributed by atoms with Gasteiger partial charge in [-0.05, 0) is 42.2 Å². The van der Waals surface area contributed by atoms with Crippen molar-refractivity contribution in [3.63, 3.8) is 0 Å². The summed E-state index contributed by atoms with van der Waals surface area (Å²) < 4.78 is 27.8. The maximum Gasteiger partial charge on any atom is 0.216 e. The number of hydrogen-bond acceptors (Lipinski definition) is 5. The van der Waals surface area contributed by atoms with Crippen molar-refractivity contribution < 1.29 is 8.42 Å². The highest BCUT2D eigenvalue weighted by Gasteiger charge is 2.26. The van der Waals surface area contributed by atoms with Gasteiger partial charge in [0.05, 0.1) is 17.1 Å². The lowest BCUT2D eigenvalue weighted by molar-refractivity contribution is 0.543. The van der Waals surface area contributed by atoms with E-state index in [2.05, 4.69) is 32.5 Å². The minimum Gasteiger partial charge on any atom is -0.359 e. The molecule has 3 N–H and O–H groups in total. The fourth-order valence-electron chi connectivity index (χ4n) is 4.08. The molecule has 35 heavy (non-hydrogen) atoms. The van der Waals surface area contributed by atoms with E-state index in [-0.39, 0.29) is 18.0 Å². The van der Waals surface area contributed by atoms with Crippen LogP contribution in [-0.4, -0.2) is 19.4 Å². The van der Waals surface area contributed by atoms with E-state index in [4.69, 9.17) is 0 Å². The second-order valence-corrected chi connectivity index (χ2v) is 10.1. The maximum absolute atomic E-state index is 12.5. The molecule has 0 spiro atoms. The molecular weight excluding hydrogens is 456 g/mol. The third-order valence-electron chi connectivity index (χ3n) is 5.63. The lowest BCUT2D eigenvalue weighted by atomic mass is 10.1. The summed E-state index contributed by atoms with van der Waals surface area (Å²) in [6, 6.07) is 21.8. The molecule has 1 aliphatic heterocycles. The Kier molecular flexibility index (Phi) is 9.46. The lowest BCUT2D eigenvalue weighted by Crippen LogP contribution is -2.33. The highest BCUT2D eigenvalue weighted by atomic mass is 32.2. The van der Waals surface area contributed by atoms with Crippen molar-refractivity contribution in [2.24, 2.45) is 0 Å². The fraction of sp³-hybridized carbons (Fsp3) is 0.321. The Bertz CT molecular complexity index is 1190. The SMILES string of the molecule is CC.CCCC(C)NS(=O)(=O)Cc1ccc(C2=C(c3ccncc3)NC(c3ccccc3)N2)cc1. The van der Waals surface area contributed by atoms with Crippen molar-refractivity contribution in [2.45, 2.75) is 58.5 Å². The number of sulfonamides is 1. The Morgan fingerprint density at radius 3 is 2.03 bits per heavy atom. The van der Waals surface area contributed by atoms with Gasteiger partial charge in [-0.2, -0.15) is 0 Å². The van der Waals surface area contributed by atoms with Crippen molar-refractivity contribution in [2.75, 3.05) is 0 Å². The van der Waals surface area contributed by atoms with Gasteiger partial charge >= 0.3 is 0 Å². The molecule has 0 radical (unpaired) electrons. The third kappa shape index (κ3) is 7.16. The van der Waals surface area contributed by atoms with E-state index in [0.29, 0.717) is 0 Å². The molecule has 1 aromatic heterocycles. The molecule has 1 aliphatic rings. The van der Waals surface area contributed by atoms with Crippen LogP contribution in [0.15, 0.2) is 79.1 Å². The van der Waals surface area contributed by atoms with E-state index in [1.165, 1.54) is 0 Å². The number of pyridine rings is 1. The highest BCUT2D eigenvalue weighted by Crippen LogP contribution is 2.32. The van der Waals surface area contributed by atoms with Crippen LogP contribution in [0.5, 0.6) is 0 Å². The predicted octanol–water partition coefficient (Wildman–Crippen LogP) is 5.43.